The minimum atomic E-state index is -2.53. The van der Waals surface area contributed by atoms with Gasteiger partial charge in [0.1, 0.15) is 108 Å². The number of carbonyl (C=O) groups excluding carboxylic acids is 4. The third-order valence-electron chi connectivity index (χ3n) is 10.7. The van der Waals surface area contributed by atoms with Crippen molar-refractivity contribution < 1.29 is 124 Å². The maximum absolute atomic E-state index is 12.5. The van der Waals surface area contributed by atoms with Gasteiger partial charge in [-0.05, 0) is 0 Å². The highest BCUT2D eigenvalue weighted by molar-refractivity contribution is 5.75. The third-order valence-corrected chi connectivity index (χ3v) is 10.7. The van der Waals surface area contributed by atoms with Gasteiger partial charge in [0.2, 0.25) is 23.6 Å². The number of carbonyl (C=O) groups is 4. The van der Waals surface area contributed by atoms with E-state index in [1.807, 2.05) is 0 Å². The second kappa shape index (κ2) is 26.8. The van der Waals surface area contributed by atoms with E-state index >= 15 is 0 Å². The number of aliphatic hydroxyl groups excluding tert-OH is 14. The summed E-state index contributed by atoms with van der Waals surface area (Å²) in [6, 6.07) is -4.96. The first-order chi connectivity index (χ1) is 32.0. The van der Waals surface area contributed by atoms with E-state index in [1.165, 1.54) is 0 Å². The molecular formula is C38H65N5O25. The molecule has 392 valence electrons. The molecule has 3 aliphatic heterocycles. The Morgan fingerprint density at radius 3 is 1.46 bits per heavy atom. The van der Waals surface area contributed by atoms with Gasteiger partial charge in [-0.2, -0.15) is 0 Å². The third kappa shape index (κ3) is 15.0. The number of hydrogen-bond acceptors (Lipinski definition) is 26. The first-order valence-electron chi connectivity index (χ1n) is 21.1. The van der Waals surface area contributed by atoms with Crippen molar-refractivity contribution in [1.29, 1.82) is 0 Å². The summed E-state index contributed by atoms with van der Waals surface area (Å²) >= 11 is 0. The van der Waals surface area contributed by atoms with Gasteiger partial charge in [0.05, 0.1) is 19.8 Å². The molecule has 30 heteroatoms. The van der Waals surface area contributed by atoms with Gasteiger partial charge in [0.25, 0.3) is 0 Å². The van der Waals surface area contributed by atoms with E-state index in [4.69, 9.17) is 44.0 Å². The SMILES string of the molecule is CC(=O)N/C(=C(/O)C(CCO)OC(O)/C(N)=C(\O)C(O)CCO)C(O)OC1C(CO)OC(OC2C(CO)OC(OC3C(CO)OC(O)C(NC(C)=O)C3O)C(NC(C)=O)C2O)C(NC(C)=O)C1O. The maximum Gasteiger partial charge on any atom is 0.221 e. The Kier molecular flexibility index (Phi) is 23.0. The number of amides is 4. The second-order valence-corrected chi connectivity index (χ2v) is 15.8. The normalized spacial score (nSPS) is 34.6. The quantitative estimate of drug-likeness (QED) is 0.0334. The smallest absolute Gasteiger partial charge is 0.221 e. The number of ether oxygens (including phenoxy) is 7. The van der Waals surface area contributed by atoms with Crippen LogP contribution in [-0.4, -0.2) is 245 Å². The van der Waals surface area contributed by atoms with Gasteiger partial charge >= 0.3 is 0 Å². The molecule has 3 rings (SSSR count). The zero-order valence-electron chi connectivity index (χ0n) is 37.2. The number of nitrogens with one attached hydrogen (secondary N) is 4. The zero-order valence-corrected chi connectivity index (χ0v) is 37.2. The van der Waals surface area contributed by atoms with Crippen molar-refractivity contribution in [1.82, 2.24) is 21.3 Å². The summed E-state index contributed by atoms with van der Waals surface area (Å²) in [6.07, 6.45) is -31.3. The lowest BCUT2D eigenvalue weighted by atomic mass is 9.93. The van der Waals surface area contributed by atoms with E-state index < -0.39 is 209 Å². The molecular weight excluding hydrogens is 926 g/mol. The van der Waals surface area contributed by atoms with Gasteiger partial charge in [-0.15, -0.1) is 0 Å². The summed E-state index contributed by atoms with van der Waals surface area (Å²) < 4.78 is 39.8. The second-order valence-electron chi connectivity index (χ2n) is 15.8. The van der Waals surface area contributed by atoms with Crippen LogP contribution in [0.25, 0.3) is 0 Å². The largest absolute Gasteiger partial charge is 0.508 e. The molecule has 0 aromatic carbocycles. The lowest BCUT2D eigenvalue weighted by Crippen LogP contribution is -2.71. The van der Waals surface area contributed by atoms with Crippen molar-refractivity contribution in [3.63, 3.8) is 0 Å². The number of rotatable bonds is 23. The van der Waals surface area contributed by atoms with E-state index in [-0.39, 0.29) is 0 Å². The van der Waals surface area contributed by atoms with Crippen LogP contribution in [-0.2, 0) is 52.3 Å². The van der Waals surface area contributed by atoms with Crippen LogP contribution in [0.2, 0.25) is 0 Å². The summed E-state index contributed by atoms with van der Waals surface area (Å²) in [6.45, 7) is -0.294. The summed E-state index contributed by atoms with van der Waals surface area (Å²) in [4.78, 5) is 49.0. The van der Waals surface area contributed by atoms with Crippen LogP contribution in [0, 0.1) is 0 Å². The predicted molar refractivity (Wildman–Crippen MR) is 219 cm³/mol. The van der Waals surface area contributed by atoms with E-state index in [0.717, 1.165) is 27.7 Å². The average molecular weight is 992 g/mol. The molecule has 0 aliphatic carbocycles. The van der Waals surface area contributed by atoms with E-state index in [1.54, 1.807) is 0 Å². The highest BCUT2D eigenvalue weighted by atomic mass is 16.7. The molecule has 19 atom stereocenters. The molecule has 3 aliphatic rings. The molecule has 20 N–H and O–H groups in total. The number of aliphatic hydroxyl groups is 14. The number of hydrogen-bond donors (Lipinski definition) is 19. The maximum atomic E-state index is 12.5. The van der Waals surface area contributed by atoms with E-state index in [2.05, 4.69) is 21.3 Å². The van der Waals surface area contributed by atoms with Crippen LogP contribution < -0.4 is 27.0 Å². The van der Waals surface area contributed by atoms with Crippen LogP contribution in [0.1, 0.15) is 40.5 Å². The highest BCUT2D eigenvalue weighted by Crippen LogP contribution is 2.34. The first-order valence-corrected chi connectivity index (χ1v) is 21.1. The predicted octanol–water partition coefficient (Wildman–Crippen LogP) is -9.34. The zero-order chi connectivity index (χ0) is 51.3. The molecule has 0 aromatic rings. The van der Waals surface area contributed by atoms with Gasteiger partial charge in [-0.1, -0.05) is 0 Å². The molecule has 68 heavy (non-hydrogen) atoms. The van der Waals surface area contributed by atoms with Crippen LogP contribution >= 0.6 is 0 Å². The lowest BCUT2D eigenvalue weighted by Gasteiger charge is -2.50. The Bertz CT molecular complexity index is 1730. The van der Waals surface area contributed by atoms with Crippen molar-refractivity contribution in [2.24, 2.45) is 5.73 Å². The monoisotopic (exact) mass is 991 g/mol. The Morgan fingerprint density at radius 1 is 0.588 bits per heavy atom. The van der Waals surface area contributed by atoms with Crippen molar-refractivity contribution in [2.45, 2.75) is 157 Å². The molecule has 30 nitrogen and oxygen atoms in total. The fourth-order valence-electron chi connectivity index (χ4n) is 7.45. The molecule has 0 radical (unpaired) electrons. The van der Waals surface area contributed by atoms with Crippen molar-refractivity contribution in [3.05, 3.63) is 22.9 Å². The van der Waals surface area contributed by atoms with Gasteiger partial charge in [-0.25, -0.2) is 0 Å². The molecule has 0 bridgehead atoms. The Hall–Kier alpha value is -4.00. The topological polar surface area (TPSA) is 490 Å². The Balaban J connectivity index is 1.97. The van der Waals surface area contributed by atoms with Crippen LogP contribution in [0.3, 0.4) is 0 Å². The van der Waals surface area contributed by atoms with Crippen molar-refractivity contribution in [2.75, 3.05) is 33.0 Å². The van der Waals surface area contributed by atoms with Crippen LogP contribution in [0.15, 0.2) is 22.9 Å². The minimum absolute atomic E-state index is 0.412. The van der Waals surface area contributed by atoms with Gasteiger partial charge in [0.15, 0.2) is 31.5 Å². The lowest BCUT2D eigenvalue weighted by molar-refractivity contribution is -0.355. The molecule has 0 spiro atoms. The summed E-state index contributed by atoms with van der Waals surface area (Å²) in [5.74, 6) is -5.47. The minimum Gasteiger partial charge on any atom is -0.508 e. The van der Waals surface area contributed by atoms with Gasteiger partial charge < -0.3 is 132 Å². The fraction of sp³-hybridized carbons (Fsp3) is 0.789. The fourth-order valence-corrected chi connectivity index (χ4v) is 7.45. The van der Waals surface area contributed by atoms with Gasteiger partial charge in [0, 0.05) is 53.8 Å². The summed E-state index contributed by atoms with van der Waals surface area (Å²) in [5, 5.41) is 157. The summed E-state index contributed by atoms with van der Waals surface area (Å²) in [7, 11) is 0. The first kappa shape index (κ1) is 58.3. The highest BCUT2D eigenvalue weighted by Gasteiger charge is 2.55. The molecule has 3 saturated heterocycles. The molecule has 19 unspecified atom stereocenters. The molecule has 3 heterocycles. The Labute approximate surface area is 387 Å². The molecule has 0 aromatic heterocycles. The Morgan fingerprint density at radius 2 is 1.01 bits per heavy atom. The van der Waals surface area contributed by atoms with Crippen LogP contribution in [0.5, 0.6) is 0 Å². The van der Waals surface area contributed by atoms with E-state index in [0.29, 0.717) is 0 Å². The summed E-state index contributed by atoms with van der Waals surface area (Å²) in [5.41, 5.74) is 3.84. The van der Waals surface area contributed by atoms with E-state index in [9.17, 15) is 85.6 Å². The molecule has 3 fully saturated rings. The van der Waals surface area contributed by atoms with Gasteiger partial charge in [-0.3, -0.25) is 19.2 Å². The number of nitrogens with two attached hydrogens (primary N) is 1. The van der Waals surface area contributed by atoms with Crippen molar-refractivity contribution in [3.8, 4) is 0 Å². The standard InChI is InChI=1S/C38H65N5O25/c1-12(49)40-22(27(55)17(6-8-45)62-34(59)21(39)26(54)16(53)5-7-44)36(61)66-31-19(10-47)64-37(24(29(31)57)42-14(3)51)68-33-20(11-48)65-38(25(30(33)58)43-15(4)52)67-32-18(9-46)63-35(60)23(28(32)56)41-13(2)50/h16-20,23-25,28-38,44-48,53-61H,5-11,39H2,1-4H3,(H,40,49)(H,41,50)(H,42,51)(H,43,52)/b26-21+,27-22+. The average Bonchev–Trinajstić information content (AvgIpc) is 3.27. The molecule has 0 saturated carbocycles. The molecule has 4 amide bonds. The van der Waals surface area contributed by atoms with Crippen molar-refractivity contribution >= 4 is 23.6 Å². The van der Waals surface area contributed by atoms with Crippen LogP contribution in [0.4, 0.5) is 0 Å².